The summed E-state index contributed by atoms with van der Waals surface area (Å²) >= 11 is 2.16. The fourth-order valence-electron chi connectivity index (χ4n) is 2.17. The van der Waals surface area contributed by atoms with Crippen LogP contribution in [0.4, 0.5) is 0 Å². The van der Waals surface area contributed by atoms with Gasteiger partial charge >= 0.3 is 0 Å². The fourth-order valence-corrected chi connectivity index (χ4v) is 3.69. The van der Waals surface area contributed by atoms with Crippen molar-refractivity contribution in [3.63, 3.8) is 0 Å². The van der Waals surface area contributed by atoms with Crippen LogP contribution in [0, 0.1) is 0 Å². The maximum Gasteiger partial charge on any atom is 0.0476 e. The van der Waals surface area contributed by atoms with Crippen LogP contribution in [-0.2, 0) is 4.74 Å². The van der Waals surface area contributed by atoms with E-state index in [0.29, 0.717) is 6.04 Å². The Morgan fingerprint density at radius 1 is 1.31 bits per heavy atom. The molecule has 3 heteroatoms. The summed E-state index contributed by atoms with van der Waals surface area (Å²) in [4.78, 5) is 0. The van der Waals surface area contributed by atoms with E-state index in [9.17, 15) is 0 Å². The average Bonchev–Trinajstić information content (AvgIpc) is 2.27. The van der Waals surface area contributed by atoms with E-state index in [-0.39, 0.29) is 0 Å². The van der Waals surface area contributed by atoms with Gasteiger partial charge in [-0.25, -0.2) is 0 Å². The summed E-state index contributed by atoms with van der Waals surface area (Å²) in [6.07, 6.45) is 4.99. The molecule has 2 atom stereocenters. The van der Waals surface area contributed by atoms with Crippen LogP contribution < -0.4 is 5.32 Å². The molecule has 0 aromatic rings. The third-order valence-electron chi connectivity index (χ3n) is 3.02. The molecule has 1 saturated heterocycles. The molecule has 1 N–H and O–H groups in total. The molecule has 1 rings (SSSR count). The second kappa shape index (κ2) is 8.37. The molecule has 0 aliphatic carbocycles. The third kappa shape index (κ3) is 6.12. The second-order valence-corrected chi connectivity index (χ2v) is 6.59. The maximum absolute atomic E-state index is 5.39. The molecule has 2 nitrogen and oxygen atoms in total. The number of thioether (sulfide) groups is 1. The molecule has 1 fully saturated rings. The largest absolute Gasteiger partial charge is 0.381 e. The van der Waals surface area contributed by atoms with E-state index in [4.69, 9.17) is 4.74 Å². The van der Waals surface area contributed by atoms with Gasteiger partial charge in [-0.1, -0.05) is 13.8 Å². The molecule has 0 spiro atoms. The summed E-state index contributed by atoms with van der Waals surface area (Å²) in [7, 11) is 0. The quantitative estimate of drug-likeness (QED) is 0.745. The molecule has 2 unspecified atom stereocenters. The minimum Gasteiger partial charge on any atom is -0.381 e. The van der Waals surface area contributed by atoms with Crippen LogP contribution >= 0.6 is 11.8 Å². The summed E-state index contributed by atoms with van der Waals surface area (Å²) in [5.41, 5.74) is 0. The van der Waals surface area contributed by atoms with Crippen LogP contribution in [0.1, 0.15) is 46.5 Å². The van der Waals surface area contributed by atoms with E-state index in [1.807, 2.05) is 0 Å². The first-order chi connectivity index (χ1) is 7.72. The van der Waals surface area contributed by atoms with Gasteiger partial charge in [0.15, 0.2) is 0 Å². The zero-order valence-corrected chi connectivity index (χ0v) is 11.8. The molecule has 0 aromatic carbocycles. The van der Waals surface area contributed by atoms with Crippen molar-refractivity contribution in [2.24, 2.45) is 0 Å². The van der Waals surface area contributed by atoms with E-state index in [2.05, 4.69) is 37.8 Å². The standard InChI is InChI=1S/C13H27NOS/c1-4-7-14-11(2)10-12(3)16-13-5-8-15-9-6-13/h11-14H,4-10H2,1-3H3. The van der Waals surface area contributed by atoms with Crippen LogP contribution in [0.2, 0.25) is 0 Å². The summed E-state index contributed by atoms with van der Waals surface area (Å²) in [6.45, 7) is 9.97. The molecule has 0 radical (unpaired) electrons. The predicted octanol–water partition coefficient (Wildman–Crippen LogP) is 3.07. The second-order valence-electron chi connectivity index (χ2n) is 4.85. The van der Waals surface area contributed by atoms with Crippen molar-refractivity contribution < 1.29 is 4.74 Å². The molecule has 1 aliphatic heterocycles. The molecule has 0 aromatic heterocycles. The van der Waals surface area contributed by atoms with E-state index in [1.165, 1.54) is 25.7 Å². The Hall–Kier alpha value is 0.270. The lowest BCUT2D eigenvalue weighted by Gasteiger charge is -2.26. The highest BCUT2D eigenvalue weighted by molar-refractivity contribution is 8.00. The number of hydrogen-bond donors (Lipinski definition) is 1. The topological polar surface area (TPSA) is 21.3 Å². The molecule has 0 bridgehead atoms. The Morgan fingerprint density at radius 2 is 2.00 bits per heavy atom. The van der Waals surface area contributed by atoms with Crippen LogP contribution in [0.25, 0.3) is 0 Å². The lowest BCUT2D eigenvalue weighted by atomic mass is 10.2. The summed E-state index contributed by atoms with van der Waals surface area (Å²) in [5, 5.41) is 5.16. The van der Waals surface area contributed by atoms with Gasteiger partial charge in [0.2, 0.25) is 0 Å². The molecule has 0 amide bonds. The molecule has 1 heterocycles. The smallest absolute Gasteiger partial charge is 0.0476 e. The Kier molecular flexibility index (Phi) is 7.50. The summed E-state index contributed by atoms with van der Waals surface area (Å²) in [6, 6.07) is 0.655. The zero-order chi connectivity index (χ0) is 11.8. The highest BCUT2D eigenvalue weighted by atomic mass is 32.2. The van der Waals surface area contributed by atoms with Crippen LogP contribution in [0.3, 0.4) is 0 Å². The van der Waals surface area contributed by atoms with Gasteiger partial charge in [-0.15, -0.1) is 0 Å². The van der Waals surface area contributed by atoms with Gasteiger partial charge in [-0.05, 0) is 39.2 Å². The molecule has 96 valence electrons. The van der Waals surface area contributed by atoms with E-state index in [1.54, 1.807) is 0 Å². The fraction of sp³-hybridized carbons (Fsp3) is 1.00. The van der Waals surface area contributed by atoms with Crippen molar-refractivity contribution >= 4 is 11.8 Å². The van der Waals surface area contributed by atoms with Crippen molar-refractivity contribution in [1.82, 2.24) is 5.32 Å². The Bertz CT molecular complexity index is 171. The lowest BCUT2D eigenvalue weighted by Crippen LogP contribution is -2.30. The first kappa shape index (κ1) is 14.3. The van der Waals surface area contributed by atoms with Gasteiger partial charge in [-0.3, -0.25) is 0 Å². The number of nitrogens with one attached hydrogen (secondary N) is 1. The molecule has 16 heavy (non-hydrogen) atoms. The first-order valence-electron chi connectivity index (χ1n) is 6.69. The van der Waals surface area contributed by atoms with Crippen molar-refractivity contribution in [3.8, 4) is 0 Å². The summed E-state index contributed by atoms with van der Waals surface area (Å²) < 4.78 is 5.39. The Labute approximate surface area is 105 Å². The van der Waals surface area contributed by atoms with Gasteiger partial charge < -0.3 is 10.1 Å². The number of ether oxygens (including phenoxy) is 1. The van der Waals surface area contributed by atoms with Crippen molar-refractivity contribution in [3.05, 3.63) is 0 Å². The third-order valence-corrected chi connectivity index (χ3v) is 4.53. The van der Waals surface area contributed by atoms with Crippen molar-refractivity contribution in [2.45, 2.75) is 63.0 Å². The Balaban J connectivity index is 2.11. The average molecular weight is 245 g/mol. The SMILES string of the molecule is CCCNC(C)CC(C)SC1CCOCC1. The predicted molar refractivity (Wildman–Crippen MR) is 73.3 cm³/mol. The van der Waals surface area contributed by atoms with E-state index >= 15 is 0 Å². The van der Waals surface area contributed by atoms with Crippen molar-refractivity contribution in [2.75, 3.05) is 19.8 Å². The number of rotatable bonds is 7. The van der Waals surface area contributed by atoms with E-state index in [0.717, 1.165) is 30.3 Å². The van der Waals surface area contributed by atoms with Crippen molar-refractivity contribution in [1.29, 1.82) is 0 Å². The minimum atomic E-state index is 0.655. The van der Waals surface area contributed by atoms with Crippen LogP contribution in [0.5, 0.6) is 0 Å². The van der Waals surface area contributed by atoms with Gasteiger partial charge in [0.25, 0.3) is 0 Å². The zero-order valence-electron chi connectivity index (χ0n) is 11.0. The highest BCUT2D eigenvalue weighted by Gasteiger charge is 2.18. The van der Waals surface area contributed by atoms with E-state index < -0.39 is 0 Å². The monoisotopic (exact) mass is 245 g/mol. The highest BCUT2D eigenvalue weighted by Crippen LogP contribution is 2.28. The summed E-state index contributed by atoms with van der Waals surface area (Å²) in [5.74, 6) is 0. The maximum atomic E-state index is 5.39. The molecule has 1 aliphatic rings. The molecular formula is C13H27NOS. The van der Waals surface area contributed by atoms with Gasteiger partial charge in [-0.2, -0.15) is 11.8 Å². The Morgan fingerprint density at radius 3 is 2.62 bits per heavy atom. The lowest BCUT2D eigenvalue weighted by molar-refractivity contribution is 0.0999. The minimum absolute atomic E-state index is 0.655. The van der Waals surface area contributed by atoms with Gasteiger partial charge in [0.05, 0.1) is 0 Å². The molecular weight excluding hydrogens is 218 g/mol. The van der Waals surface area contributed by atoms with Gasteiger partial charge in [0.1, 0.15) is 0 Å². The van der Waals surface area contributed by atoms with Crippen LogP contribution in [-0.4, -0.2) is 36.3 Å². The number of hydrogen-bond acceptors (Lipinski definition) is 3. The molecule has 0 saturated carbocycles. The normalized spacial score (nSPS) is 21.9. The first-order valence-corrected chi connectivity index (χ1v) is 7.63. The van der Waals surface area contributed by atoms with Crippen LogP contribution in [0.15, 0.2) is 0 Å². The van der Waals surface area contributed by atoms with Gasteiger partial charge in [0, 0.05) is 29.8 Å².